The van der Waals surface area contributed by atoms with Crippen LogP contribution >= 0.6 is 23.2 Å². The van der Waals surface area contributed by atoms with E-state index in [4.69, 9.17) is 23.2 Å². The average Bonchev–Trinajstić information content (AvgIpc) is 2.57. The molecule has 0 aliphatic rings. The van der Waals surface area contributed by atoms with E-state index >= 15 is 0 Å². The molecular formula is C11H7Cl2N3. The molecule has 3 rings (SSSR count). The highest BCUT2D eigenvalue weighted by Gasteiger charge is 2.12. The Morgan fingerprint density at radius 2 is 1.94 bits per heavy atom. The Morgan fingerprint density at radius 3 is 2.75 bits per heavy atom. The number of nitrogens with zero attached hydrogens (tertiary/aromatic N) is 3. The number of rotatable bonds is 0. The highest BCUT2D eigenvalue weighted by atomic mass is 35.5. The Kier molecular flexibility index (Phi) is 2.06. The monoisotopic (exact) mass is 251 g/mol. The zero-order valence-corrected chi connectivity index (χ0v) is 9.92. The van der Waals surface area contributed by atoms with Gasteiger partial charge in [0.1, 0.15) is 10.2 Å². The van der Waals surface area contributed by atoms with Crippen molar-refractivity contribution in [3.05, 3.63) is 40.1 Å². The van der Waals surface area contributed by atoms with Gasteiger partial charge in [-0.25, -0.2) is 9.50 Å². The van der Waals surface area contributed by atoms with E-state index in [0.717, 1.165) is 16.6 Å². The number of benzene rings is 1. The molecule has 2 aromatic heterocycles. The molecule has 80 valence electrons. The van der Waals surface area contributed by atoms with Crippen LogP contribution in [0.5, 0.6) is 0 Å². The van der Waals surface area contributed by atoms with Gasteiger partial charge in [-0.1, -0.05) is 35.3 Å². The molecule has 0 saturated heterocycles. The Balaban J connectivity index is 2.64. The predicted octanol–water partition coefficient (Wildman–Crippen LogP) is 3.50. The van der Waals surface area contributed by atoms with Gasteiger partial charge in [0, 0.05) is 5.39 Å². The molecule has 0 aliphatic heterocycles. The molecule has 0 radical (unpaired) electrons. The standard InChI is InChI=1S/C11H7Cl2N3/c1-6-9(12)11-14-10(13)7-4-2-3-5-8(7)16(11)15-6/h2-5H,1H3. The molecule has 0 amide bonds. The van der Waals surface area contributed by atoms with E-state index < -0.39 is 0 Å². The zero-order chi connectivity index (χ0) is 11.3. The summed E-state index contributed by atoms with van der Waals surface area (Å²) in [5.41, 5.74) is 2.26. The summed E-state index contributed by atoms with van der Waals surface area (Å²) in [6, 6.07) is 7.70. The topological polar surface area (TPSA) is 30.2 Å². The lowest BCUT2D eigenvalue weighted by Crippen LogP contribution is -1.93. The molecule has 5 heteroatoms. The van der Waals surface area contributed by atoms with Gasteiger partial charge >= 0.3 is 0 Å². The van der Waals surface area contributed by atoms with Gasteiger partial charge in [-0.3, -0.25) is 0 Å². The molecule has 0 bridgehead atoms. The fourth-order valence-corrected chi connectivity index (χ4v) is 2.15. The maximum atomic E-state index is 6.11. The van der Waals surface area contributed by atoms with Crippen molar-refractivity contribution in [1.82, 2.24) is 14.6 Å². The molecule has 0 unspecified atom stereocenters. The third-order valence-electron chi connectivity index (χ3n) is 2.52. The van der Waals surface area contributed by atoms with Gasteiger partial charge < -0.3 is 0 Å². The number of para-hydroxylation sites is 1. The van der Waals surface area contributed by atoms with Gasteiger partial charge in [0.25, 0.3) is 0 Å². The first-order valence-corrected chi connectivity index (χ1v) is 5.53. The van der Waals surface area contributed by atoms with Gasteiger partial charge in [0.05, 0.1) is 11.2 Å². The minimum Gasteiger partial charge on any atom is -0.215 e. The summed E-state index contributed by atoms with van der Waals surface area (Å²) in [5, 5.41) is 6.21. The van der Waals surface area contributed by atoms with Crippen LogP contribution in [0.2, 0.25) is 10.2 Å². The predicted molar refractivity (Wildman–Crippen MR) is 65.3 cm³/mol. The van der Waals surface area contributed by atoms with Gasteiger partial charge in [-0.05, 0) is 19.1 Å². The molecule has 0 saturated carbocycles. The van der Waals surface area contributed by atoms with E-state index in [-0.39, 0.29) is 0 Å². The third kappa shape index (κ3) is 1.22. The molecule has 3 nitrogen and oxygen atoms in total. The van der Waals surface area contributed by atoms with Gasteiger partial charge in [-0.15, -0.1) is 0 Å². The highest BCUT2D eigenvalue weighted by molar-refractivity contribution is 6.36. The van der Waals surface area contributed by atoms with E-state index in [1.165, 1.54) is 0 Å². The van der Waals surface area contributed by atoms with E-state index in [1.54, 1.807) is 4.52 Å². The minimum atomic E-state index is 0.449. The van der Waals surface area contributed by atoms with Gasteiger partial charge in [0.2, 0.25) is 0 Å². The lowest BCUT2D eigenvalue weighted by atomic mass is 10.2. The number of hydrogen-bond acceptors (Lipinski definition) is 2. The SMILES string of the molecule is Cc1nn2c(nc(Cl)c3ccccc32)c1Cl. The summed E-state index contributed by atoms with van der Waals surface area (Å²) in [7, 11) is 0. The van der Waals surface area contributed by atoms with Crippen LogP contribution in [0.1, 0.15) is 5.69 Å². The van der Waals surface area contributed by atoms with Crippen molar-refractivity contribution < 1.29 is 0 Å². The zero-order valence-electron chi connectivity index (χ0n) is 8.41. The summed E-state index contributed by atoms with van der Waals surface area (Å²) >= 11 is 12.2. The normalized spacial score (nSPS) is 11.4. The van der Waals surface area contributed by atoms with Crippen LogP contribution in [0.4, 0.5) is 0 Å². The van der Waals surface area contributed by atoms with E-state index in [0.29, 0.717) is 15.8 Å². The van der Waals surface area contributed by atoms with Crippen LogP contribution in [-0.2, 0) is 0 Å². The van der Waals surface area contributed by atoms with E-state index in [9.17, 15) is 0 Å². The number of hydrogen-bond donors (Lipinski definition) is 0. The molecule has 3 aromatic rings. The Morgan fingerprint density at radius 1 is 1.19 bits per heavy atom. The molecule has 1 aromatic carbocycles. The number of fused-ring (bicyclic) bond motifs is 3. The fourth-order valence-electron chi connectivity index (χ4n) is 1.75. The Bertz CT molecular complexity index is 703. The van der Waals surface area contributed by atoms with Crippen LogP contribution in [0.15, 0.2) is 24.3 Å². The van der Waals surface area contributed by atoms with Crippen molar-refractivity contribution in [2.24, 2.45) is 0 Å². The average molecular weight is 252 g/mol. The highest BCUT2D eigenvalue weighted by Crippen LogP contribution is 2.27. The fraction of sp³-hybridized carbons (Fsp3) is 0.0909. The molecule has 2 heterocycles. The van der Waals surface area contributed by atoms with Crippen molar-refractivity contribution in [3.8, 4) is 0 Å². The quantitative estimate of drug-likeness (QED) is 0.573. The van der Waals surface area contributed by atoms with Crippen LogP contribution in [-0.4, -0.2) is 14.6 Å². The lowest BCUT2D eigenvalue weighted by molar-refractivity contribution is 0.956. The largest absolute Gasteiger partial charge is 0.215 e. The molecule has 16 heavy (non-hydrogen) atoms. The van der Waals surface area contributed by atoms with Crippen LogP contribution in [0.3, 0.4) is 0 Å². The molecule has 0 aliphatic carbocycles. The maximum absolute atomic E-state index is 6.11. The Hall–Kier alpha value is -1.32. The number of aromatic nitrogens is 3. The van der Waals surface area contributed by atoms with E-state index in [1.807, 2.05) is 31.2 Å². The van der Waals surface area contributed by atoms with Crippen molar-refractivity contribution in [2.45, 2.75) is 6.92 Å². The molecular weight excluding hydrogens is 245 g/mol. The Labute approximate surface area is 102 Å². The summed E-state index contributed by atoms with van der Waals surface area (Å²) in [6.07, 6.45) is 0. The van der Waals surface area contributed by atoms with Crippen molar-refractivity contribution in [1.29, 1.82) is 0 Å². The van der Waals surface area contributed by atoms with Crippen molar-refractivity contribution in [2.75, 3.05) is 0 Å². The minimum absolute atomic E-state index is 0.449. The summed E-state index contributed by atoms with van der Waals surface area (Å²) < 4.78 is 1.72. The third-order valence-corrected chi connectivity index (χ3v) is 3.25. The smallest absolute Gasteiger partial charge is 0.176 e. The second-order valence-electron chi connectivity index (χ2n) is 3.55. The first kappa shape index (κ1) is 9.87. The maximum Gasteiger partial charge on any atom is 0.176 e. The van der Waals surface area contributed by atoms with Crippen LogP contribution in [0.25, 0.3) is 16.6 Å². The molecule has 0 atom stereocenters. The van der Waals surface area contributed by atoms with Gasteiger partial charge in [-0.2, -0.15) is 5.10 Å². The first-order chi connectivity index (χ1) is 7.68. The number of aryl methyl sites for hydroxylation is 1. The second-order valence-corrected chi connectivity index (χ2v) is 4.29. The molecule has 0 fully saturated rings. The molecule has 0 N–H and O–H groups in total. The number of halogens is 2. The second kappa shape index (κ2) is 3.34. The molecule has 0 spiro atoms. The van der Waals surface area contributed by atoms with E-state index in [2.05, 4.69) is 10.1 Å². The van der Waals surface area contributed by atoms with Crippen molar-refractivity contribution >= 4 is 39.8 Å². The summed E-state index contributed by atoms with van der Waals surface area (Å²) in [6.45, 7) is 1.85. The van der Waals surface area contributed by atoms with Crippen LogP contribution in [0, 0.1) is 6.92 Å². The summed E-state index contributed by atoms with van der Waals surface area (Å²) in [5.74, 6) is 0. The van der Waals surface area contributed by atoms with Crippen molar-refractivity contribution in [3.63, 3.8) is 0 Å². The lowest BCUT2D eigenvalue weighted by Gasteiger charge is -2.02. The summed E-state index contributed by atoms with van der Waals surface area (Å²) in [4.78, 5) is 4.26. The van der Waals surface area contributed by atoms with Gasteiger partial charge in [0.15, 0.2) is 5.65 Å². The van der Waals surface area contributed by atoms with Crippen LogP contribution < -0.4 is 0 Å². The first-order valence-electron chi connectivity index (χ1n) is 4.77.